The summed E-state index contributed by atoms with van der Waals surface area (Å²) in [6, 6.07) is 12.9. The third-order valence-corrected chi connectivity index (χ3v) is 4.18. The molecule has 2 aromatic carbocycles. The van der Waals surface area contributed by atoms with Crippen LogP contribution in [0.15, 0.2) is 61.1 Å². The maximum Gasteiger partial charge on any atom is 0.346 e. The van der Waals surface area contributed by atoms with E-state index in [4.69, 9.17) is 16.3 Å². The number of nitrogens with one attached hydrogen (secondary N) is 1. The molecule has 0 aliphatic carbocycles. The monoisotopic (exact) mass is 352 g/mol. The summed E-state index contributed by atoms with van der Waals surface area (Å²) in [7, 11) is 0. The molecule has 25 heavy (non-hydrogen) atoms. The van der Waals surface area contributed by atoms with E-state index in [1.807, 2.05) is 30.3 Å². The summed E-state index contributed by atoms with van der Waals surface area (Å²) in [5.74, 6) is -0.0192. The highest BCUT2D eigenvalue weighted by Gasteiger charge is 2.14. The first kappa shape index (κ1) is 15.4. The quantitative estimate of drug-likeness (QED) is 0.449. The molecule has 0 aliphatic heterocycles. The van der Waals surface area contributed by atoms with Crippen LogP contribution < -0.4 is 4.74 Å². The SMILES string of the molecule is O=C(Oc1cccc2[nH]ncc12)c1cnn(Cc2ccccc2Cl)c1. The predicted molar refractivity (Wildman–Crippen MR) is 93.8 cm³/mol. The van der Waals surface area contributed by atoms with Crippen molar-refractivity contribution < 1.29 is 9.53 Å². The van der Waals surface area contributed by atoms with Crippen LogP contribution in [0.1, 0.15) is 15.9 Å². The molecule has 0 radical (unpaired) electrons. The van der Waals surface area contributed by atoms with Crippen LogP contribution in [0.25, 0.3) is 10.9 Å². The number of H-pyrrole nitrogens is 1. The van der Waals surface area contributed by atoms with E-state index in [1.165, 1.54) is 6.20 Å². The molecule has 0 fully saturated rings. The minimum absolute atomic E-state index is 0.368. The first-order valence-electron chi connectivity index (χ1n) is 7.61. The molecule has 2 heterocycles. The van der Waals surface area contributed by atoms with Gasteiger partial charge in [0.2, 0.25) is 0 Å². The Morgan fingerprint density at radius 1 is 1.16 bits per heavy atom. The van der Waals surface area contributed by atoms with Crippen LogP contribution in [-0.2, 0) is 6.54 Å². The molecule has 0 amide bonds. The largest absolute Gasteiger partial charge is 0.422 e. The summed E-state index contributed by atoms with van der Waals surface area (Å²) in [6.45, 7) is 0.476. The van der Waals surface area contributed by atoms with Crippen molar-refractivity contribution in [2.24, 2.45) is 0 Å². The predicted octanol–water partition coefficient (Wildman–Crippen LogP) is 3.68. The molecule has 0 saturated heterocycles. The van der Waals surface area contributed by atoms with Gasteiger partial charge in [-0.3, -0.25) is 9.78 Å². The lowest BCUT2D eigenvalue weighted by Crippen LogP contribution is -2.08. The topological polar surface area (TPSA) is 72.8 Å². The van der Waals surface area contributed by atoms with Gasteiger partial charge < -0.3 is 4.74 Å². The number of aromatic nitrogens is 4. The Morgan fingerprint density at radius 2 is 2.04 bits per heavy atom. The second-order valence-electron chi connectivity index (χ2n) is 5.49. The lowest BCUT2D eigenvalue weighted by atomic mass is 10.2. The van der Waals surface area contributed by atoms with Gasteiger partial charge in [-0.15, -0.1) is 0 Å². The van der Waals surface area contributed by atoms with E-state index in [2.05, 4.69) is 15.3 Å². The first-order valence-corrected chi connectivity index (χ1v) is 7.98. The second kappa shape index (κ2) is 6.41. The summed E-state index contributed by atoms with van der Waals surface area (Å²) in [6.07, 6.45) is 4.74. The third kappa shape index (κ3) is 3.12. The van der Waals surface area contributed by atoms with Crippen molar-refractivity contribution in [2.75, 3.05) is 0 Å². The molecule has 4 rings (SSSR count). The van der Waals surface area contributed by atoms with Gasteiger partial charge in [-0.1, -0.05) is 35.9 Å². The molecule has 6 nitrogen and oxygen atoms in total. The Labute approximate surface area is 148 Å². The van der Waals surface area contributed by atoms with Gasteiger partial charge in [0.25, 0.3) is 0 Å². The summed E-state index contributed by atoms with van der Waals surface area (Å²) in [5.41, 5.74) is 2.10. The molecule has 0 saturated carbocycles. The fourth-order valence-electron chi connectivity index (χ4n) is 2.55. The van der Waals surface area contributed by atoms with Crippen molar-refractivity contribution in [1.29, 1.82) is 0 Å². The van der Waals surface area contributed by atoms with Crippen molar-refractivity contribution in [3.8, 4) is 5.75 Å². The number of rotatable bonds is 4. The Kier molecular flexibility index (Phi) is 3.95. The molecule has 0 aliphatic rings. The second-order valence-corrected chi connectivity index (χ2v) is 5.90. The number of hydrogen-bond donors (Lipinski definition) is 1. The molecule has 0 atom stereocenters. The zero-order valence-electron chi connectivity index (χ0n) is 13.0. The maximum absolute atomic E-state index is 12.4. The van der Waals surface area contributed by atoms with Gasteiger partial charge >= 0.3 is 5.97 Å². The highest BCUT2D eigenvalue weighted by Crippen LogP contribution is 2.24. The highest BCUT2D eigenvalue weighted by molar-refractivity contribution is 6.31. The fraction of sp³-hybridized carbons (Fsp3) is 0.0556. The number of esters is 1. The van der Waals surface area contributed by atoms with Crippen LogP contribution in [0.2, 0.25) is 5.02 Å². The van der Waals surface area contributed by atoms with E-state index < -0.39 is 5.97 Å². The van der Waals surface area contributed by atoms with Crippen molar-refractivity contribution in [1.82, 2.24) is 20.0 Å². The number of ether oxygens (including phenoxy) is 1. The number of aromatic amines is 1. The zero-order chi connectivity index (χ0) is 17.2. The Bertz CT molecular complexity index is 1050. The molecule has 7 heteroatoms. The van der Waals surface area contributed by atoms with Crippen molar-refractivity contribution in [2.45, 2.75) is 6.54 Å². The molecule has 0 unspecified atom stereocenters. The zero-order valence-corrected chi connectivity index (χ0v) is 13.8. The van der Waals surface area contributed by atoms with Gasteiger partial charge in [-0.2, -0.15) is 10.2 Å². The number of nitrogens with zero attached hydrogens (tertiary/aromatic N) is 3. The lowest BCUT2D eigenvalue weighted by molar-refractivity contribution is 0.0737. The minimum Gasteiger partial charge on any atom is -0.422 e. The molecule has 0 bridgehead atoms. The Hall–Kier alpha value is -3.12. The average Bonchev–Trinajstić information content (AvgIpc) is 3.27. The van der Waals surface area contributed by atoms with Crippen LogP contribution >= 0.6 is 11.6 Å². The van der Waals surface area contributed by atoms with Crippen LogP contribution in [0.3, 0.4) is 0 Å². The molecule has 124 valence electrons. The molecule has 4 aromatic rings. The van der Waals surface area contributed by atoms with Crippen LogP contribution in [0.4, 0.5) is 0 Å². The normalized spacial score (nSPS) is 10.9. The standard InChI is InChI=1S/C18H13ClN4O2/c19-15-5-2-1-4-12(15)10-23-11-13(8-21-23)18(24)25-17-7-3-6-16-14(17)9-20-22-16/h1-9,11H,10H2,(H,20,22). The van der Waals surface area contributed by atoms with E-state index in [0.717, 1.165) is 16.5 Å². The van der Waals surface area contributed by atoms with E-state index in [1.54, 1.807) is 29.2 Å². The molecular weight excluding hydrogens is 340 g/mol. The van der Waals surface area contributed by atoms with Crippen molar-refractivity contribution in [3.05, 3.63) is 77.2 Å². The Morgan fingerprint density at radius 3 is 2.92 bits per heavy atom. The van der Waals surface area contributed by atoms with Crippen LogP contribution in [0, 0.1) is 0 Å². The summed E-state index contributed by atoms with van der Waals surface area (Å²) in [4.78, 5) is 12.4. The number of carbonyl (C=O) groups excluding carboxylic acids is 1. The fourth-order valence-corrected chi connectivity index (χ4v) is 2.74. The van der Waals surface area contributed by atoms with Crippen LogP contribution in [0.5, 0.6) is 5.75 Å². The van der Waals surface area contributed by atoms with E-state index in [9.17, 15) is 4.79 Å². The summed E-state index contributed by atoms with van der Waals surface area (Å²) < 4.78 is 7.13. The average molecular weight is 353 g/mol. The summed E-state index contributed by atoms with van der Waals surface area (Å²) in [5, 5.41) is 12.4. The smallest absolute Gasteiger partial charge is 0.346 e. The van der Waals surface area contributed by atoms with Gasteiger partial charge in [0.15, 0.2) is 0 Å². The number of hydrogen-bond acceptors (Lipinski definition) is 4. The number of halogens is 1. The minimum atomic E-state index is -0.473. The number of carbonyl (C=O) groups is 1. The van der Waals surface area contributed by atoms with Crippen molar-refractivity contribution >= 4 is 28.5 Å². The van der Waals surface area contributed by atoms with Gasteiger partial charge in [0, 0.05) is 11.2 Å². The maximum atomic E-state index is 12.4. The van der Waals surface area contributed by atoms with E-state index >= 15 is 0 Å². The molecule has 0 spiro atoms. The first-order chi connectivity index (χ1) is 12.2. The van der Waals surface area contributed by atoms with E-state index in [-0.39, 0.29) is 0 Å². The third-order valence-electron chi connectivity index (χ3n) is 3.81. The van der Waals surface area contributed by atoms with Gasteiger partial charge in [-0.25, -0.2) is 4.79 Å². The van der Waals surface area contributed by atoms with Crippen LogP contribution in [-0.4, -0.2) is 25.9 Å². The van der Waals surface area contributed by atoms with Gasteiger partial charge in [0.1, 0.15) is 5.75 Å². The summed E-state index contributed by atoms with van der Waals surface area (Å²) >= 11 is 6.15. The van der Waals surface area contributed by atoms with Gasteiger partial charge in [-0.05, 0) is 23.8 Å². The molecule has 1 N–H and O–H groups in total. The number of fused-ring (bicyclic) bond motifs is 1. The van der Waals surface area contributed by atoms with Crippen molar-refractivity contribution in [3.63, 3.8) is 0 Å². The van der Waals surface area contributed by atoms with Gasteiger partial charge in [0.05, 0.1) is 35.4 Å². The molecular formula is C18H13ClN4O2. The highest BCUT2D eigenvalue weighted by atomic mass is 35.5. The molecule has 2 aromatic heterocycles. The lowest BCUT2D eigenvalue weighted by Gasteiger charge is -2.04. The Balaban J connectivity index is 1.53. The number of benzene rings is 2. The van der Waals surface area contributed by atoms with E-state index in [0.29, 0.717) is 22.9 Å².